The van der Waals surface area contributed by atoms with Gasteiger partial charge in [-0.1, -0.05) is 13.0 Å². The summed E-state index contributed by atoms with van der Waals surface area (Å²) >= 11 is 0. The molecule has 0 unspecified atom stereocenters. The molecular formula is C11H14N2O2S. The monoisotopic (exact) mass is 238 g/mol. The maximum atomic E-state index is 12.1. The van der Waals surface area contributed by atoms with Crippen LogP contribution in [0.4, 0.5) is 0 Å². The summed E-state index contributed by atoms with van der Waals surface area (Å²) in [5, 5.41) is 8.76. The van der Waals surface area contributed by atoms with Gasteiger partial charge >= 0.3 is 0 Å². The Labute approximate surface area is 96.2 Å². The van der Waals surface area contributed by atoms with Crippen molar-refractivity contribution in [3.05, 3.63) is 29.3 Å². The van der Waals surface area contributed by atoms with Gasteiger partial charge in [0.2, 0.25) is 10.0 Å². The zero-order valence-electron chi connectivity index (χ0n) is 9.56. The normalized spacial score (nSPS) is 11.4. The highest BCUT2D eigenvalue weighted by Crippen LogP contribution is 2.19. The molecule has 0 spiro atoms. The first-order valence-electron chi connectivity index (χ1n) is 4.90. The van der Waals surface area contributed by atoms with Crippen LogP contribution in [0.3, 0.4) is 0 Å². The molecule has 0 aliphatic rings. The van der Waals surface area contributed by atoms with Crippen molar-refractivity contribution < 1.29 is 8.42 Å². The van der Waals surface area contributed by atoms with Crippen molar-refractivity contribution in [2.75, 3.05) is 13.6 Å². The summed E-state index contributed by atoms with van der Waals surface area (Å²) in [5.41, 5.74) is 1.01. The number of nitrogens with zero attached hydrogens (tertiary/aromatic N) is 2. The molecule has 0 fully saturated rings. The molecule has 0 aromatic heterocycles. The molecule has 0 atom stereocenters. The van der Waals surface area contributed by atoms with Gasteiger partial charge in [0.25, 0.3) is 0 Å². The van der Waals surface area contributed by atoms with Crippen LogP contribution >= 0.6 is 0 Å². The van der Waals surface area contributed by atoms with Crippen molar-refractivity contribution in [1.29, 1.82) is 5.26 Å². The van der Waals surface area contributed by atoms with Crippen LogP contribution in [0, 0.1) is 18.3 Å². The predicted molar refractivity (Wildman–Crippen MR) is 61.4 cm³/mol. The van der Waals surface area contributed by atoms with Crippen LogP contribution in [0.5, 0.6) is 0 Å². The van der Waals surface area contributed by atoms with Crippen LogP contribution in [0.2, 0.25) is 0 Å². The Morgan fingerprint density at radius 3 is 2.56 bits per heavy atom. The van der Waals surface area contributed by atoms with Gasteiger partial charge in [0, 0.05) is 13.6 Å². The van der Waals surface area contributed by atoms with E-state index in [4.69, 9.17) is 5.26 Å². The van der Waals surface area contributed by atoms with Gasteiger partial charge < -0.3 is 0 Å². The second-order valence-corrected chi connectivity index (χ2v) is 5.52. The molecule has 0 radical (unpaired) electrons. The number of rotatable bonds is 3. The second kappa shape index (κ2) is 4.64. The highest BCUT2D eigenvalue weighted by molar-refractivity contribution is 7.89. The van der Waals surface area contributed by atoms with E-state index < -0.39 is 10.0 Å². The lowest BCUT2D eigenvalue weighted by molar-refractivity contribution is 0.486. The van der Waals surface area contributed by atoms with E-state index in [2.05, 4.69) is 0 Å². The molecule has 0 bridgehead atoms. The fourth-order valence-electron chi connectivity index (χ4n) is 1.29. The number of aryl methyl sites for hydroxylation is 1. The summed E-state index contributed by atoms with van der Waals surface area (Å²) in [6.07, 6.45) is 0. The van der Waals surface area contributed by atoms with Crippen LogP contribution in [0.15, 0.2) is 23.1 Å². The highest BCUT2D eigenvalue weighted by atomic mass is 32.2. The Morgan fingerprint density at radius 2 is 2.06 bits per heavy atom. The van der Waals surface area contributed by atoms with E-state index in [-0.39, 0.29) is 4.90 Å². The fourth-order valence-corrected chi connectivity index (χ4v) is 2.71. The molecule has 0 saturated heterocycles. The van der Waals surface area contributed by atoms with Gasteiger partial charge in [-0.05, 0) is 24.6 Å². The molecule has 1 rings (SSSR count). The molecule has 0 heterocycles. The molecule has 0 amide bonds. The van der Waals surface area contributed by atoms with Crippen molar-refractivity contribution >= 4 is 10.0 Å². The van der Waals surface area contributed by atoms with E-state index in [1.165, 1.54) is 17.4 Å². The molecule has 0 saturated carbocycles. The second-order valence-electron chi connectivity index (χ2n) is 3.51. The van der Waals surface area contributed by atoms with Gasteiger partial charge in [-0.25, -0.2) is 12.7 Å². The van der Waals surface area contributed by atoms with Crippen molar-refractivity contribution in [2.24, 2.45) is 0 Å². The molecule has 86 valence electrons. The van der Waals surface area contributed by atoms with Gasteiger partial charge in [0.15, 0.2) is 0 Å². The van der Waals surface area contributed by atoms with Gasteiger partial charge in [0.1, 0.15) is 0 Å². The minimum Gasteiger partial charge on any atom is -0.207 e. The van der Waals surface area contributed by atoms with Gasteiger partial charge in [-0.2, -0.15) is 5.26 Å². The van der Waals surface area contributed by atoms with Crippen LogP contribution in [-0.2, 0) is 10.0 Å². The van der Waals surface area contributed by atoms with Crippen molar-refractivity contribution in [3.63, 3.8) is 0 Å². The average Bonchev–Trinajstić information content (AvgIpc) is 2.28. The van der Waals surface area contributed by atoms with E-state index in [0.717, 1.165) is 0 Å². The van der Waals surface area contributed by atoms with E-state index in [1.54, 1.807) is 26.0 Å². The SMILES string of the molecule is CCN(C)S(=O)(=O)c1cc(C#N)ccc1C. The number of nitriles is 1. The first-order valence-corrected chi connectivity index (χ1v) is 6.34. The lowest BCUT2D eigenvalue weighted by Gasteiger charge is -2.16. The fraction of sp³-hybridized carbons (Fsp3) is 0.364. The maximum Gasteiger partial charge on any atom is 0.243 e. The Hall–Kier alpha value is -1.38. The molecule has 0 N–H and O–H groups in total. The summed E-state index contributed by atoms with van der Waals surface area (Å²) in [6, 6.07) is 6.61. The molecule has 16 heavy (non-hydrogen) atoms. The van der Waals surface area contributed by atoms with Crippen molar-refractivity contribution in [3.8, 4) is 6.07 Å². The van der Waals surface area contributed by atoms with Gasteiger partial charge in [0.05, 0.1) is 16.5 Å². The molecule has 1 aromatic rings. The van der Waals surface area contributed by atoms with E-state index in [1.807, 2.05) is 6.07 Å². The predicted octanol–water partition coefficient (Wildman–Crippen LogP) is 1.51. The highest BCUT2D eigenvalue weighted by Gasteiger charge is 2.21. The van der Waals surface area contributed by atoms with Crippen molar-refractivity contribution in [1.82, 2.24) is 4.31 Å². The summed E-state index contributed by atoms with van der Waals surface area (Å²) in [4.78, 5) is 0.205. The van der Waals surface area contributed by atoms with E-state index >= 15 is 0 Å². The largest absolute Gasteiger partial charge is 0.243 e. The Balaban J connectivity index is 3.39. The summed E-state index contributed by atoms with van der Waals surface area (Å²) in [7, 11) is -1.95. The van der Waals surface area contributed by atoms with Crippen LogP contribution in [0.25, 0.3) is 0 Å². The third-order valence-corrected chi connectivity index (χ3v) is 4.53. The lowest BCUT2D eigenvalue weighted by atomic mass is 10.2. The third-order valence-electron chi connectivity index (χ3n) is 2.45. The standard InChI is InChI=1S/C11H14N2O2S/c1-4-13(3)16(14,15)11-7-10(8-12)6-5-9(11)2/h5-7H,4H2,1-3H3. The first-order chi connectivity index (χ1) is 7.43. The van der Waals surface area contributed by atoms with Gasteiger partial charge in [-0.3, -0.25) is 0 Å². The zero-order valence-corrected chi connectivity index (χ0v) is 10.4. The van der Waals surface area contributed by atoms with E-state index in [9.17, 15) is 8.42 Å². The minimum atomic E-state index is -3.47. The third kappa shape index (κ3) is 2.23. The smallest absolute Gasteiger partial charge is 0.207 e. The zero-order chi connectivity index (χ0) is 12.3. The van der Waals surface area contributed by atoms with Gasteiger partial charge in [-0.15, -0.1) is 0 Å². The molecular weight excluding hydrogens is 224 g/mol. The first kappa shape index (κ1) is 12.7. The van der Waals surface area contributed by atoms with Crippen LogP contribution in [0.1, 0.15) is 18.1 Å². The number of hydrogen-bond acceptors (Lipinski definition) is 3. The van der Waals surface area contributed by atoms with Crippen LogP contribution in [-0.4, -0.2) is 26.3 Å². The maximum absolute atomic E-state index is 12.1. The molecule has 0 aliphatic carbocycles. The summed E-state index contributed by atoms with van der Waals surface area (Å²) < 4.78 is 25.4. The molecule has 5 heteroatoms. The Morgan fingerprint density at radius 1 is 1.44 bits per heavy atom. The number of benzene rings is 1. The minimum absolute atomic E-state index is 0.205. The van der Waals surface area contributed by atoms with E-state index in [0.29, 0.717) is 17.7 Å². The lowest BCUT2D eigenvalue weighted by Crippen LogP contribution is -2.27. The average molecular weight is 238 g/mol. The summed E-state index contributed by atoms with van der Waals surface area (Å²) in [6.45, 7) is 3.89. The molecule has 1 aromatic carbocycles. The topological polar surface area (TPSA) is 61.2 Å². The quantitative estimate of drug-likeness (QED) is 0.801. The number of sulfonamides is 1. The van der Waals surface area contributed by atoms with Crippen LogP contribution < -0.4 is 0 Å². The molecule has 4 nitrogen and oxygen atoms in total. The van der Waals surface area contributed by atoms with Crippen molar-refractivity contribution in [2.45, 2.75) is 18.7 Å². The Bertz CT molecular complexity index is 529. The molecule has 0 aliphatic heterocycles. The Kier molecular flexibility index (Phi) is 3.68. The number of hydrogen-bond donors (Lipinski definition) is 0. The summed E-state index contributed by atoms with van der Waals surface area (Å²) in [5.74, 6) is 0.